The van der Waals surface area contributed by atoms with Gasteiger partial charge in [0.15, 0.2) is 0 Å². The summed E-state index contributed by atoms with van der Waals surface area (Å²) in [5.41, 5.74) is 3.42. The number of nitrogens with zero attached hydrogens (tertiary/aromatic N) is 2. The van der Waals surface area contributed by atoms with Crippen LogP contribution in [0.2, 0.25) is 5.02 Å². The van der Waals surface area contributed by atoms with E-state index in [1.54, 1.807) is 19.3 Å². The second kappa shape index (κ2) is 6.75. The van der Waals surface area contributed by atoms with Crippen LogP contribution < -0.4 is 0 Å². The second-order valence-electron chi connectivity index (χ2n) is 5.16. The minimum atomic E-state index is -0.351. The van der Waals surface area contributed by atoms with Crippen LogP contribution in [0.5, 0.6) is 0 Å². The van der Waals surface area contributed by atoms with E-state index in [2.05, 4.69) is 9.97 Å². The zero-order chi connectivity index (χ0) is 16.2. The van der Waals surface area contributed by atoms with Gasteiger partial charge >= 0.3 is 5.97 Å². The topological polar surface area (TPSA) is 52.1 Å². The van der Waals surface area contributed by atoms with Gasteiger partial charge in [-0.2, -0.15) is 0 Å². The molecule has 0 saturated carbocycles. The average molecular weight is 327 g/mol. The van der Waals surface area contributed by atoms with Crippen LogP contribution in [0.15, 0.2) is 48.9 Å². The third kappa shape index (κ3) is 3.66. The van der Waals surface area contributed by atoms with Gasteiger partial charge < -0.3 is 4.74 Å². The Morgan fingerprint density at radius 3 is 2.83 bits per heavy atom. The van der Waals surface area contributed by atoms with Crippen molar-refractivity contribution in [3.63, 3.8) is 0 Å². The number of halogens is 1. The molecule has 3 rings (SSSR count). The highest BCUT2D eigenvalue weighted by Gasteiger charge is 2.08. The highest BCUT2D eigenvalue weighted by atomic mass is 35.5. The largest absolute Gasteiger partial charge is 0.462 e. The van der Waals surface area contributed by atoms with Crippen molar-refractivity contribution in [3.8, 4) is 0 Å². The average Bonchev–Trinajstić information content (AvgIpc) is 2.55. The van der Waals surface area contributed by atoms with Gasteiger partial charge in [-0.25, -0.2) is 4.79 Å². The number of ether oxygens (including phenoxy) is 1. The maximum atomic E-state index is 11.8. The van der Waals surface area contributed by atoms with Gasteiger partial charge in [0.2, 0.25) is 0 Å². The van der Waals surface area contributed by atoms with Crippen molar-refractivity contribution < 1.29 is 9.53 Å². The van der Waals surface area contributed by atoms with Gasteiger partial charge in [-0.15, -0.1) is 0 Å². The molecule has 0 atom stereocenters. The lowest BCUT2D eigenvalue weighted by atomic mass is 10.0. The molecule has 23 heavy (non-hydrogen) atoms. The number of hydrogen-bond acceptors (Lipinski definition) is 4. The van der Waals surface area contributed by atoms with Crippen LogP contribution in [-0.4, -0.2) is 22.5 Å². The highest BCUT2D eigenvalue weighted by molar-refractivity contribution is 6.31. The Morgan fingerprint density at radius 2 is 2.00 bits per heavy atom. The molecule has 4 nitrogen and oxygen atoms in total. The molecule has 0 aliphatic rings. The van der Waals surface area contributed by atoms with E-state index in [1.807, 2.05) is 30.3 Å². The van der Waals surface area contributed by atoms with E-state index in [0.29, 0.717) is 23.6 Å². The monoisotopic (exact) mass is 326 g/mol. The first-order chi connectivity index (χ1) is 11.2. The fourth-order valence-corrected chi connectivity index (χ4v) is 2.58. The third-order valence-electron chi connectivity index (χ3n) is 3.43. The number of esters is 1. The molecule has 0 radical (unpaired) electrons. The Morgan fingerprint density at radius 1 is 1.13 bits per heavy atom. The maximum absolute atomic E-state index is 11.8. The summed E-state index contributed by atoms with van der Waals surface area (Å²) in [7, 11) is 0. The molecule has 5 heteroatoms. The highest BCUT2D eigenvalue weighted by Crippen LogP contribution is 2.20. The molecule has 0 fully saturated rings. The number of fused-ring (bicyclic) bond motifs is 1. The van der Waals surface area contributed by atoms with Crippen LogP contribution in [0.25, 0.3) is 10.9 Å². The van der Waals surface area contributed by atoms with Crippen LogP contribution in [-0.2, 0) is 11.2 Å². The summed E-state index contributed by atoms with van der Waals surface area (Å²) in [5.74, 6) is -0.351. The van der Waals surface area contributed by atoms with Gasteiger partial charge in [-0.05, 0) is 48.7 Å². The summed E-state index contributed by atoms with van der Waals surface area (Å²) in [6.45, 7) is 2.13. The van der Waals surface area contributed by atoms with Crippen LogP contribution in [0.4, 0.5) is 0 Å². The van der Waals surface area contributed by atoms with Crippen molar-refractivity contribution in [2.75, 3.05) is 6.61 Å². The summed E-state index contributed by atoms with van der Waals surface area (Å²) < 4.78 is 5.00. The number of pyridine rings is 2. The molecule has 0 unspecified atom stereocenters. The van der Waals surface area contributed by atoms with E-state index < -0.39 is 0 Å². The standard InChI is InChI=1S/C18H15ClN2O2/c1-2-23-18(22)15-7-13(9-20-10-15)5-12-3-4-17-14(6-12)8-16(19)11-21-17/h3-4,6-11H,2,5H2,1H3. The zero-order valence-corrected chi connectivity index (χ0v) is 13.4. The first-order valence-electron chi connectivity index (χ1n) is 7.31. The molecule has 0 aliphatic heterocycles. The minimum Gasteiger partial charge on any atom is -0.462 e. The van der Waals surface area contributed by atoms with Crippen molar-refractivity contribution in [2.24, 2.45) is 0 Å². The van der Waals surface area contributed by atoms with Crippen molar-refractivity contribution in [1.82, 2.24) is 9.97 Å². The molecular weight excluding hydrogens is 312 g/mol. The van der Waals surface area contributed by atoms with Gasteiger partial charge in [0, 0.05) is 24.0 Å². The van der Waals surface area contributed by atoms with E-state index in [9.17, 15) is 4.79 Å². The van der Waals surface area contributed by atoms with Crippen LogP contribution in [0, 0.1) is 0 Å². The summed E-state index contributed by atoms with van der Waals surface area (Å²) >= 11 is 5.99. The molecule has 1 aromatic carbocycles. The van der Waals surface area contributed by atoms with Gasteiger partial charge in [0.1, 0.15) is 0 Å². The summed E-state index contributed by atoms with van der Waals surface area (Å²) in [6.07, 6.45) is 5.58. The van der Waals surface area contributed by atoms with E-state index in [4.69, 9.17) is 16.3 Å². The van der Waals surface area contributed by atoms with Crippen molar-refractivity contribution in [2.45, 2.75) is 13.3 Å². The van der Waals surface area contributed by atoms with Crippen molar-refractivity contribution in [1.29, 1.82) is 0 Å². The summed E-state index contributed by atoms with van der Waals surface area (Å²) in [6, 6.07) is 9.72. The lowest BCUT2D eigenvalue weighted by Crippen LogP contribution is -2.06. The fraction of sp³-hybridized carbons (Fsp3) is 0.167. The van der Waals surface area contributed by atoms with Gasteiger partial charge in [0.05, 0.1) is 22.7 Å². The Hall–Kier alpha value is -2.46. The van der Waals surface area contributed by atoms with Crippen molar-refractivity contribution in [3.05, 3.63) is 70.6 Å². The maximum Gasteiger partial charge on any atom is 0.339 e. The number of benzene rings is 1. The summed E-state index contributed by atoms with van der Waals surface area (Å²) in [4.78, 5) is 20.2. The predicted octanol–water partition coefficient (Wildman–Crippen LogP) is 4.05. The molecule has 0 spiro atoms. The SMILES string of the molecule is CCOC(=O)c1cncc(Cc2ccc3ncc(Cl)cc3c2)c1. The van der Waals surface area contributed by atoms with Crippen LogP contribution in [0.1, 0.15) is 28.4 Å². The normalized spacial score (nSPS) is 10.7. The number of carbonyl (C=O) groups excluding carboxylic acids is 1. The first kappa shape index (κ1) is 15.4. The van der Waals surface area contributed by atoms with Gasteiger partial charge in [-0.3, -0.25) is 9.97 Å². The number of aromatic nitrogens is 2. The third-order valence-corrected chi connectivity index (χ3v) is 3.63. The van der Waals surface area contributed by atoms with E-state index in [1.165, 1.54) is 6.20 Å². The van der Waals surface area contributed by atoms with Crippen LogP contribution in [0.3, 0.4) is 0 Å². The molecule has 0 saturated heterocycles. The molecular formula is C18H15ClN2O2. The predicted molar refractivity (Wildman–Crippen MR) is 89.8 cm³/mol. The minimum absolute atomic E-state index is 0.349. The lowest BCUT2D eigenvalue weighted by molar-refractivity contribution is 0.0525. The quantitative estimate of drug-likeness (QED) is 0.679. The molecule has 0 aliphatic carbocycles. The Balaban J connectivity index is 1.87. The molecule has 0 amide bonds. The fourth-order valence-electron chi connectivity index (χ4n) is 2.41. The van der Waals surface area contributed by atoms with Gasteiger partial charge in [-0.1, -0.05) is 17.7 Å². The Kier molecular flexibility index (Phi) is 4.53. The molecule has 0 N–H and O–H groups in total. The molecule has 2 aromatic heterocycles. The number of rotatable bonds is 4. The Labute approximate surface area is 139 Å². The van der Waals surface area contributed by atoms with Gasteiger partial charge in [0.25, 0.3) is 0 Å². The van der Waals surface area contributed by atoms with E-state index in [0.717, 1.165) is 22.0 Å². The van der Waals surface area contributed by atoms with Crippen LogP contribution >= 0.6 is 11.6 Å². The molecule has 116 valence electrons. The zero-order valence-electron chi connectivity index (χ0n) is 12.6. The molecule has 3 aromatic rings. The Bertz CT molecular complexity index is 865. The van der Waals surface area contributed by atoms with E-state index >= 15 is 0 Å². The number of carbonyl (C=O) groups is 1. The first-order valence-corrected chi connectivity index (χ1v) is 7.69. The molecule has 0 bridgehead atoms. The smallest absolute Gasteiger partial charge is 0.339 e. The number of hydrogen-bond donors (Lipinski definition) is 0. The van der Waals surface area contributed by atoms with Crippen molar-refractivity contribution >= 4 is 28.5 Å². The second-order valence-corrected chi connectivity index (χ2v) is 5.60. The van der Waals surface area contributed by atoms with E-state index in [-0.39, 0.29) is 5.97 Å². The summed E-state index contributed by atoms with van der Waals surface area (Å²) in [5, 5.41) is 1.60. The molecule has 2 heterocycles. The lowest BCUT2D eigenvalue weighted by Gasteiger charge is -2.06.